The van der Waals surface area contributed by atoms with Gasteiger partial charge in [-0.3, -0.25) is 0 Å². The van der Waals surface area contributed by atoms with Crippen molar-refractivity contribution in [1.82, 2.24) is 0 Å². The Morgan fingerprint density at radius 2 is 2.00 bits per heavy atom. The van der Waals surface area contributed by atoms with Gasteiger partial charge in [0, 0.05) is 0 Å². The molecule has 0 aliphatic carbocycles. The fourth-order valence-electron chi connectivity index (χ4n) is 2.30. The van der Waals surface area contributed by atoms with E-state index < -0.39 is 36.7 Å². The normalized spacial score (nSPS) is 31.5. The van der Waals surface area contributed by atoms with Crippen LogP contribution in [0.3, 0.4) is 0 Å². The third kappa shape index (κ3) is 3.72. The first-order valence-corrected chi connectivity index (χ1v) is 7.04. The van der Waals surface area contributed by atoms with E-state index in [0.29, 0.717) is 5.56 Å². The molecule has 6 heteroatoms. The van der Waals surface area contributed by atoms with Crippen molar-refractivity contribution in [3.63, 3.8) is 0 Å². The lowest BCUT2D eigenvalue weighted by Crippen LogP contribution is -2.59. The number of aliphatic hydroxyl groups is 2. The Morgan fingerprint density at radius 1 is 1.32 bits per heavy atom. The maximum absolute atomic E-state index is 12.2. The third-order valence-electron chi connectivity index (χ3n) is 3.43. The lowest BCUT2D eigenvalue weighted by molar-refractivity contribution is -0.283. The summed E-state index contributed by atoms with van der Waals surface area (Å²) in [5.74, 6) is -0.545. The summed E-state index contributed by atoms with van der Waals surface area (Å²) in [6, 6.07) is 8.49. The van der Waals surface area contributed by atoms with Crippen LogP contribution in [-0.4, -0.2) is 53.5 Å². The van der Waals surface area contributed by atoms with E-state index in [-0.39, 0.29) is 6.61 Å². The van der Waals surface area contributed by atoms with Crippen LogP contribution < -0.4 is 0 Å². The summed E-state index contributed by atoms with van der Waals surface area (Å²) in [6.07, 6.45) is -3.56. The molecule has 1 saturated heterocycles. The van der Waals surface area contributed by atoms with E-state index in [1.165, 1.54) is 6.08 Å². The fourth-order valence-corrected chi connectivity index (χ4v) is 2.30. The molecule has 0 bridgehead atoms. The minimum atomic E-state index is -1.39. The summed E-state index contributed by atoms with van der Waals surface area (Å²) in [4.78, 5) is 12.2. The van der Waals surface area contributed by atoms with Crippen molar-refractivity contribution in [2.75, 3.05) is 6.61 Å². The van der Waals surface area contributed by atoms with Crippen LogP contribution in [0.1, 0.15) is 17.3 Å². The van der Waals surface area contributed by atoms with Crippen molar-refractivity contribution in [3.8, 4) is 0 Å². The lowest BCUT2D eigenvalue weighted by Gasteiger charge is -2.41. The topological polar surface area (TPSA) is 85.2 Å². The molecule has 0 aromatic heterocycles. The van der Waals surface area contributed by atoms with Crippen LogP contribution in [0.5, 0.6) is 0 Å². The van der Waals surface area contributed by atoms with Crippen LogP contribution in [0.4, 0.5) is 0 Å². The largest absolute Gasteiger partial charge is 0.453 e. The van der Waals surface area contributed by atoms with Gasteiger partial charge in [-0.05, 0) is 19.1 Å². The quantitative estimate of drug-likeness (QED) is 0.620. The number of aliphatic hydroxyl groups excluding tert-OH is 2. The van der Waals surface area contributed by atoms with Crippen LogP contribution >= 0.6 is 0 Å². The number of hydrogen-bond acceptors (Lipinski definition) is 6. The lowest BCUT2D eigenvalue weighted by atomic mass is 9.99. The zero-order chi connectivity index (χ0) is 16.1. The average molecular weight is 308 g/mol. The standard InChI is InChI=1S/C16H20O6/c1-3-9-20-14-12(17)16(19)21-10(2)13(14)22-15(18)11-7-5-4-6-8-11/h3-8,10,12-14,16-17,19H,1,9H2,2H3/t10-,12+,13-,14-,16+/m0/s1. The Labute approximate surface area is 128 Å². The van der Waals surface area contributed by atoms with Gasteiger partial charge in [0.05, 0.1) is 18.3 Å². The van der Waals surface area contributed by atoms with E-state index in [2.05, 4.69) is 6.58 Å². The van der Waals surface area contributed by atoms with Gasteiger partial charge in [-0.1, -0.05) is 24.3 Å². The van der Waals surface area contributed by atoms with E-state index in [9.17, 15) is 15.0 Å². The summed E-state index contributed by atoms with van der Waals surface area (Å²) in [5.41, 5.74) is 0.387. The van der Waals surface area contributed by atoms with E-state index in [1.54, 1.807) is 37.3 Å². The molecule has 2 N–H and O–H groups in total. The number of rotatable bonds is 5. The Hall–Kier alpha value is -1.73. The van der Waals surface area contributed by atoms with Gasteiger partial charge >= 0.3 is 5.97 Å². The second-order valence-electron chi connectivity index (χ2n) is 5.04. The maximum Gasteiger partial charge on any atom is 0.338 e. The molecule has 1 heterocycles. The van der Waals surface area contributed by atoms with Gasteiger partial charge in [-0.25, -0.2) is 4.79 Å². The molecule has 2 rings (SSSR count). The van der Waals surface area contributed by atoms with Gasteiger partial charge < -0.3 is 24.4 Å². The molecule has 1 aromatic rings. The predicted molar refractivity (Wildman–Crippen MR) is 78.1 cm³/mol. The van der Waals surface area contributed by atoms with Crippen molar-refractivity contribution in [3.05, 3.63) is 48.6 Å². The molecule has 1 aliphatic rings. The summed E-state index contributed by atoms with van der Waals surface area (Å²) < 4.78 is 16.1. The van der Waals surface area contributed by atoms with Crippen LogP contribution in [0, 0.1) is 0 Å². The second-order valence-corrected chi connectivity index (χ2v) is 5.04. The average Bonchev–Trinajstić information content (AvgIpc) is 2.53. The molecular weight excluding hydrogens is 288 g/mol. The van der Waals surface area contributed by atoms with Gasteiger partial charge in [-0.2, -0.15) is 0 Å². The summed E-state index contributed by atoms with van der Waals surface area (Å²) in [7, 11) is 0. The number of carbonyl (C=O) groups is 1. The van der Waals surface area contributed by atoms with E-state index in [0.717, 1.165) is 0 Å². The van der Waals surface area contributed by atoms with Crippen molar-refractivity contribution in [1.29, 1.82) is 0 Å². The number of ether oxygens (including phenoxy) is 3. The molecule has 5 atom stereocenters. The summed E-state index contributed by atoms with van der Waals surface area (Å²) in [5, 5.41) is 19.7. The highest BCUT2D eigenvalue weighted by molar-refractivity contribution is 5.89. The zero-order valence-corrected chi connectivity index (χ0v) is 12.3. The molecule has 1 aliphatic heterocycles. The van der Waals surface area contributed by atoms with Crippen LogP contribution in [0.2, 0.25) is 0 Å². The molecule has 6 nitrogen and oxygen atoms in total. The Kier molecular flexibility index (Phi) is 5.68. The van der Waals surface area contributed by atoms with Crippen LogP contribution in [0.15, 0.2) is 43.0 Å². The van der Waals surface area contributed by atoms with E-state index >= 15 is 0 Å². The Bertz CT molecular complexity index is 503. The molecule has 0 spiro atoms. The van der Waals surface area contributed by atoms with Gasteiger partial charge in [0.25, 0.3) is 0 Å². The molecule has 0 saturated carbocycles. The highest BCUT2D eigenvalue weighted by Gasteiger charge is 2.45. The van der Waals surface area contributed by atoms with Gasteiger partial charge in [0.1, 0.15) is 12.2 Å². The SMILES string of the molecule is C=CCO[C@H]1[C@@H](O)[C@H](O)O[C@@H](C)[C@@H]1OC(=O)c1ccccc1. The first-order valence-electron chi connectivity index (χ1n) is 7.04. The van der Waals surface area contributed by atoms with Crippen molar-refractivity contribution in [2.24, 2.45) is 0 Å². The zero-order valence-electron chi connectivity index (χ0n) is 12.3. The maximum atomic E-state index is 12.2. The second kappa shape index (κ2) is 7.51. The van der Waals surface area contributed by atoms with Gasteiger partial charge in [0.2, 0.25) is 0 Å². The molecule has 0 radical (unpaired) electrons. The Balaban J connectivity index is 2.13. The smallest absolute Gasteiger partial charge is 0.338 e. The number of hydrogen-bond donors (Lipinski definition) is 2. The number of esters is 1. The minimum absolute atomic E-state index is 0.153. The molecule has 1 fully saturated rings. The molecule has 0 amide bonds. The highest BCUT2D eigenvalue weighted by atomic mass is 16.7. The van der Waals surface area contributed by atoms with Crippen LogP contribution in [0.25, 0.3) is 0 Å². The summed E-state index contributed by atoms with van der Waals surface area (Å²) in [6.45, 7) is 5.33. The molecule has 22 heavy (non-hydrogen) atoms. The molecule has 1 aromatic carbocycles. The highest BCUT2D eigenvalue weighted by Crippen LogP contribution is 2.25. The van der Waals surface area contributed by atoms with E-state index in [4.69, 9.17) is 14.2 Å². The molecule has 0 unspecified atom stereocenters. The summed E-state index contributed by atoms with van der Waals surface area (Å²) >= 11 is 0. The first kappa shape index (κ1) is 16.6. The third-order valence-corrected chi connectivity index (χ3v) is 3.43. The van der Waals surface area contributed by atoms with Crippen molar-refractivity contribution < 1.29 is 29.2 Å². The van der Waals surface area contributed by atoms with Crippen molar-refractivity contribution in [2.45, 2.75) is 37.6 Å². The molecular formula is C16H20O6. The van der Waals surface area contributed by atoms with Gasteiger partial charge in [0.15, 0.2) is 12.4 Å². The van der Waals surface area contributed by atoms with Crippen LogP contribution in [-0.2, 0) is 14.2 Å². The number of benzene rings is 1. The fraction of sp³-hybridized carbons (Fsp3) is 0.438. The predicted octanol–water partition coefficient (Wildman–Crippen LogP) is 0.881. The van der Waals surface area contributed by atoms with Gasteiger partial charge in [-0.15, -0.1) is 6.58 Å². The Morgan fingerprint density at radius 3 is 2.64 bits per heavy atom. The molecule has 120 valence electrons. The minimum Gasteiger partial charge on any atom is -0.453 e. The first-order chi connectivity index (χ1) is 10.5. The monoisotopic (exact) mass is 308 g/mol. The van der Waals surface area contributed by atoms with E-state index in [1.807, 2.05) is 0 Å². The number of carbonyl (C=O) groups excluding carboxylic acids is 1. The van der Waals surface area contributed by atoms with Crippen molar-refractivity contribution >= 4 is 5.97 Å².